The first-order chi connectivity index (χ1) is 9.54. The molecule has 0 bridgehead atoms. The van der Waals surface area contributed by atoms with Crippen LogP contribution in [0.25, 0.3) is 0 Å². The van der Waals surface area contributed by atoms with Crippen molar-refractivity contribution in [3.63, 3.8) is 0 Å². The fraction of sp³-hybridized carbons (Fsp3) is 0.412. The van der Waals surface area contributed by atoms with Crippen LogP contribution in [0.15, 0.2) is 24.3 Å². The Balaban J connectivity index is 2.47. The van der Waals surface area contributed by atoms with Gasteiger partial charge < -0.3 is 5.32 Å². The standard InChI is InChI=1S/C17H22FNS/c1-5-9-19-17(15-10-12(3)20-13(15)4)14-8-6-7-11(2)16(14)18/h6-8,10,17,19H,5,9H2,1-4H3. The molecular weight excluding hydrogens is 269 g/mol. The van der Waals surface area contributed by atoms with Crippen molar-refractivity contribution in [3.05, 3.63) is 56.5 Å². The molecule has 1 nitrogen and oxygen atoms in total. The van der Waals surface area contributed by atoms with E-state index in [0.29, 0.717) is 5.56 Å². The Bertz CT molecular complexity index is 589. The van der Waals surface area contributed by atoms with Gasteiger partial charge in [-0.15, -0.1) is 11.3 Å². The molecule has 0 fully saturated rings. The van der Waals surface area contributed by atoms with Crippen LogP contribution in [0.1, 0.15) is 45.8 Å². The van der Waals surface area contributed by atoms with E-state index in [-0.39, 0.29) is 11.9 Å². The van der Waals surface area contributed by atoms with Gasteiger partial charge in [-0.05, 0) is 50.9 Å². The van der Waals surface area contributed by atoms with Crippen molar-refractivity contribution in [2.24, 2.45) is 0 Å². The third kappa shape index (κ3) is 3.10. The van der Waals surface area contributed by atoms with Crippen molar-refractivity contribution >= 4 is 11.3 Å². The highest BCUT2D eigenvalue weighted by Crippen LogP contribution is 2.32. The minimum atomic E-state index is -0.0932. The average molecular weight is 291 g/mol. The summed E-state index contributed by atoms with van der Waals surface area (Å²) in [5.41, 5.74) is 2.65. The van der Waals surface area contributed by atoms with E-state index in [2.05, 4.69) is 32.2 Å². The molecule has 1 aromatic heterocycles. The molecule has 0 saturated carbocycles. The number of hydrogen-bond acceptors (Lipinski definition) is 2. The number of rotatable bonds is 5. The van der Waals surface area contributed by atoms with Crippen molar-refractivity contribution in [1.82, 2.24) is 5.32 Å². The lowest BCUT2D eigenvalue weighted by atomic mass is 9.96. The van der Waals surface area contributed by atoms with Crippen LogP contribution in [0.3, 0.4) is 0 Å². The lowest BCUT2D eigenvalue weighted by Gasteiger charge is -2.20. The molecule has 0 radical (unpaired) electrons. The van der Waals surface area contributed by atoms with E-state index in [1.807, 2.05) is 25.1 Å². The van der Waals surface area contributed by atoms with E-state index < -0.39 is 0 Å². The third-order valence-electron chi connectivity index (χ3n) is 3.52. The quantitative estimate of drug-likeness (QED) is 0.826. The van der Waals surface area contributed by atoms with Crippen LogP contribution in [0.2, 0.25) is 0 Å². The fourth-order valence-electron chi connectivity index (χ4n) is 2.51. The van der Waals surface area contributed by atoms with Gasteiger partial charge in [0.2, 0.25) is 0 Å². The van der Waals surface area contributed by atoms with E-state index in [4.69, 9.17) is 0 Å². The van der Waals surface area contributed by atoms with Crippen LogP contribution in [-0.4, -0.2) is 6.54 Å². The number of halogens is 1. The molecule has 2 rings (SSSR count). The van der Waals surface area contributed by atoms with Crippen LogP contribution in [0, 0.1) is 26.6 Å². The highest BCUT2D eigenvalue weighted by molar-refractivity contribution is 7.12. The van der Waals surface area contributed by atoms with E-state index in [1.54, 1.807) is 11.3 Å². The predicted octanol–water partition coefficient (Wildman–Crippen LogP) is 4.90. The Morgan fingerprint density at radius 2 is 1.95 bits per heavy atom. The van der Waals surface area contributed by atoms with Crippen LogP contribution >= 0.6 is 11.3 Å². The van der Waals surface area contributed by atoms with Crippen molar-refractivity contribution in [3.8, 4) is 0 Å². The topological polar surface area (TPSA) is 12.0 Å². The zero-order chi connectivity index (χ0) is 14.7. The van der Waals surface area contributed by atoms with Gasteiger partial charge in [-0.3, -0.25) is 0 Å². The molecule has 20 heavy (non-hydrogen) atoms. The highest BCUT2D eigenvalue weighted by Gasteiger charge is 2.21. The van der Waals surface area contributed by atoms with Crippen molar-refractivity contribution in [1.29, 1.82) is 0 Å². The highest BCUT2D eigenvalue weighted by atomic mass is 32.1. The van der Waals surface area contributed by atoms with Gasteiger partial charge in [0.25, 0.3) is 0 Å². The van der Waals surface area contributed by atoms with Crippen molar-refractivity contribution in [2.75, 3.05) is 6.54 Å². The van der Waals surface area contributed by atoms with Crippen LogP contribution in [-0.2, 0) is 0 Å². The lowest BCUT2D eigenvalue weighted by Crippen LogP contribution is -2.24. The Morgan fingerprint density at radius 1 is 1.20 bits per heavy atom. The fourth-order valence-corrected chi connectivity index (χ4v) is 3.47. The molecule has 0 aliphatic heterocycles. The second-order valence-corrected chi connectivity index (χ2v) is 6.69. The smallest absolute Gasteiger partial charge is 0.131 e. The summed E-state index contributed by atoms with van der Waals surface area (Å²) in [6, 6.07) is 7.77. The minimum absolute atomic E-state index is 0.0557. The van der Waals surface area contributed by atoms with Gasteiger partial charge in [0.1, 0.15) is 5.82 Å². The molecular formula is C17H22FNS. The van der Waals surface area contributed by atoms with Gasteiger partial charge in [0.15, 0.2) is 0 Å². The van der Waals surface area contributed by atoms with Crippen LogP contribution < -0.4 is 5.32 Å². The molecule has 3 heteroatoms. The molecule has 0 spiro atoms. The van der Waals surface area contributed by atoms with Gasteiger partial charge in [-0.2, -0.15) is 0 Å². The first kappa shape index (κ1) is 15.2. The van der Waals surface area contributed by atoms with Crippen LogP contribution in [0.5, 0.6) is 0 Å². The molecule has 0 saturated heterocycles. The predicted molar refractivity (Wildman–Crippen MR) is 85.1 cm³/mol. The van der Waals surface area contributed by atoms with E-state index in [9.17, 15) is 4.39 Å². The van der Waals surface area contributed by atoms with E-state index in [0.717, 1.165) is 18.5 Å². The van der Waals surface area contributed by atoms with Gasteiger partial charge in [0.05, 0.1) is 6.04 Å². The maximum atomic E-state index is 14.5. The van der Waals surface area contributed by atoms with Crippen molar-refractivity contribution in [2.45, 2.75) is 40.2 Å². The summed E-state index contributed by atoms with van der Waals surface area (Å²) >= 11 is 1.77. The Kier molecular flexibility index (Phi) is 4.95. The molecule has 108 valence electrons. The molecule has 1 aromatic carbocycles. The number of thiophene rings is 1. The van der Waals surface area contributed by atoms with Gasteiger partial charge in [-0.1, -0.05) is 25.1 Å². The second kappa shape index (κ2) is 6.51. The Hall–Kier alpha value is -1.19. The molecule has 2 aromatic rings. The second-order valence-electron chi connectivity index (χ2n) is 5.23. The first-order valence-electron chi connectivity index (χ1n) is 7.10. The lowest BCUT2D eigenvalue weighted by molar-refractivity contribution is 0.542. The third-order valence-corrected chi connectivity index (χ3v) is 4.50. The SMILES string of the molecule is CCCNC(c1cc(C)sc1C)c1cccc(C)c1F. The summed E-state index contributed by atoms with van der Waals surface area (Å²) in [5.74, 6) is -0.0932. The minimum Gasteiger partial charge on any atom is -0.306 e. The molecule has 0 aliphatic carbocycles. The first-order valence-corrected chi connectivity index (χ1v) is 7.91. The number of aryl methyl sites for hydroxylation is 3. The summed E-state index contributed by atoms with van der Waals surface area (Å²) in [6.07, 6.45) is 1.03. The molecule has 1 N–H and O–H groups in total. The average Bonchev–Trinajstić information content (AvgIpc) is 2.74. The maximum absolute atomic E-state index is 14.5. The normalized spacial score (nSPS) is 12.7. The zero-order valence-electron chi connectivity index (χ0n) is 12.6. The van der Waals surface area contributed by atoms with Crippen LogP contribution in [0.4, 0.5) is 4.39 Å². The monoisotopic (exact) mass is 291 g/mol. The summed E-state index contributed by atoms with van der Waals surface area (Å²) in [6.45, 7) is 9.04. The van der Waals surface area contributed by atoms with E-state index in [1.165, 1.54) is 15.3 Å². The molecule has 1 heterocycles. The van der Waals surface area contributed by atoms with Crippen molar-refractivity contribution < 1.29 is 4.39 Å². The summed E-state index contributed by atoms with van der Waals surface area (Å²) < 4.78 is 14.5. The molecule has 1 unspecified atom stereocenters. The largest absolute Gasteiger partial charge is 0.306 e. The van der Waals surface area contributed by atoms with Gasteiger partial charge in [0, 0.05) is 15.3 Å². The van der Waals surface area contributed by atoms with Gasteiger partial charge in [-0.25, -0.2) is 4.39 Å². The van der Waals surface area contributed by atoms with E-state index >= 15 is 0 Å². The molecule has 0 aliphatic rings. The Morgan fingerprint density at radius 3 is 2.55 bits per heavy atom. The summed E-state index contributed by atoms with van der Waals surface area (Å²) in [7, 11) is 0. The number of hydrogen-bond donors (Lipinski definition) is 1. The molecule has 0 amide bonds. The Labute approximate surface area is 124 Å². The number of benzene rings is 1. The zero-order valence-corrected chi connectivity index (χ0v) is 13.4. The van der Waals surface area contributed by atoms with Gasteiger partial charge >= 0.3 is 0 Å². The number of nitrogens with one attached hydrogen (secondary N) is 1. The summed E-state index contributed by atoms with van der Waals surface area (Å²) in [5, 5.41) is 3.49. The molecule has 1 atom stereocenters. The maximum Gasteiger partial charge on any atom is 0.131 e. The summed E-state index contributed by atoms with van der Waals surface area (Å²) in [4.78, 5) is 2.53.